The molecule has 1 aromatic heterocycles. The minimum Gasteiger partial charge on any atom is -0.444 e. The molecule has 2 radical (unpaired) electrons. The number of primary amides is 1. The lowest BCUT2D eigenvalue weighted by molar-refractivity contribution is 0.0600. The van der Waals surface area contributed by atoms with Crippen molar-refractivity contribution < 1.29 is 9.53 Å². The molecular formula is C12H19BN2O2. The smallest absolute Gasteiger partial charge is 0.405 e. The minimum absolute atomic E-state index is 0.453. The highest BCUT2D eigenvalue weighted by Gasteiger charge is 2.12. The minimum atomic E-state index is -0.725. The molecule has 1 aromatic rings. The molecule has 2 N–H and O–H groups in total. The van der Waals surface area contributed by atoms with E-state index in [0.717, 1.165) is 12.1 Å². The van der Waals surface area contributed by atoms with Crippen LogP contribution in [-0.2, 0) is 11.2 Å². The first-order valence-corrected chi connectivity index (χ1v) is 5.44. The molecule has 1 rings (SSSR count). The van der Waals surface area contributed by atoms with Gasteiger partial charge >= 0.3 is 6.09 Å². The summed E-state index contributed by atoms with van der Waals surface area (Å²) in [5.74, 6) is 0. The molecule has 0 unspecified atom stereocenters. The molecule has 0 atom stereocenters. The van der Waals surface area contributed by atoms with Crippen molar-refractivity contribution in [2.24, 2.45) is 5.73 Å². The topological polar surface area (TPSA) is 65.2 Å². The van der Waals surface area contributed by atoms with Gasteiger partial charge in [0.25, 0.3) is 0 Å². The number of carbonyl (C=O) groups is 1. The number of ether oxygens (including phenoxy) is 1. The van der Waals surface area contributed by atoms with Crippen LogP contribution in [0.15, 0.2) is 18.2 Å². The summed E-state index contributed by atoms with van der Waals surface area (Å²) in [5, 5.41) is 0. The second kappa shape index (κ2) is 6.94. The molecule has 0 aromatic carbocycles. The summed E-state index contributed by atoms with van der Waals surface area (Å²) in [6.45, 7) is 7.34. The highest BCUT2D eigenvalue weighted by Crippen LogP contribution is 2.04. The van der Waals surface area contributed by atoms with E-state index < -0.39 is 11.7 Å². The fourth-order valence-corrected chi connectivity index (χ4v) is 0.997. The van der Waals surface area contributed by atoms with Crippen molar-refractivity contribution in [1.29, 1.82) is 0 Å². The van der Waals surface area contributed by atoms with E-state index in [1.54, 1.807) is 26.8 Å². The second-order valence-electron chi connectivity index (χ2n) is 4.44. The lowest BCUT2D eigenvalue weighted by Crippen LogP contribution is -2.27. The van der Waals surface area contributed by atoms with Gasteiger partial charge in [0.05, 0.1) is 0 Å². The number of hydrogen-bond acceptors (Lipinski definition) is 3. The van der Waals surface area contributed by atoms with Crippen LogP contribution in [0.5, 0.6) is 0 Å². The van der Waals surface area contributed by atoms with E-state index >= 15 is 0 Å². The normalized spacial score (nSPS) is 10.1. The molecule has 1 amide bonds. The molecule has 0 bridgehead atoms. The summed E-state index contributed by atoms with van der Waals surface area (Å²) in [6, 6.07) is 5.68. The Bertz CT molecular complexity index is 362. The van der Waals surface area contributed by atoms with E-state index in [-0.39, 0.29) is 0 Å². The maximum absolute atomic E-state index is 10.0. The standard InChI is InChI=1S/C7H8BN.C5H11NO2/c1-2-6-4-3-5-7(8)9-6;1-5(2,3)8-4(6)7/h3-5H,2H2,1H3;1-3H3,(H2,6,7). The number of rotatable bonds is 1. The van der Waals surface area contributed by atoms with Crippen molar-refractivity contribution in [2.45, 2.75) is 39.7 Å². The summed E-state index contributed by atoms with van der Waals surface area (Å²) in [6.07, 6.45) is 0.225. The molecular weight excluding hydrogens is 215 g/mol. The third-order valence-electron chi connectivity index (χ3n) is 1.60. The predicted octanol–water partition coefficient (Wildman–Crippen LogP) is 1.32. The SMILES string of the molecule is CC(C)(C)OC(N)=O.[B]c1cccc(CC)n1. The third kappa shape index (κ3) is 9.42. The molecule has 5 heteroatoms. The Morgan fingerprint density at radius 1 is 1.47 bits per heavy atom. The molecule has 92 valence electrons. The van der Waals surface area contributed by atoms with Crippen molar-refractivity contribution in [1.82, 2.24) is 4.98 Å². The van der Waals surface area contributed by atoms with Crippen LogP contribution < -0.4 is 11.3 Å². The fourth-order valence-electron chi connectivity index (χ4n) is 0.997. The average molecular weight is 234 g/mol. The lowest BCUT2D eigenvalue weighted by Gasteiger charge is -2.16. The van der Waals surface area contributed by atoms with Crippen LogP contribution in [-0.4, -0.2) is 24.5 Å². The van der Waals surface area contributed by atoms with Crippen molar-refractivity contribution in [3.63, 3.8) is 0 Å². The number of carbonyl (C=O) groups excluding carboxylic acids is 1. The Kier molecular flexibility index (Phi) is 6.32. The summed E-state index contributed by atoms with van der Waals surface area (Å²) in [4.78, 5) is 14.1. The van der Waals surface area contributed by atoms with Gasteiger partial charge in [0.2, 0.25) is 0 Å². The molecule has 0 saturated carbocycles. The zero-order valence-electron chi connectivity index (χ0n) is 10.9. The van der Waals surface area contributed by atoms with Crippen LogP contribution >= 0.6 is 0 Å². The summed E-state index contributed by atoms with van der Waals surface area (Å²) < 4.78 is 4.58. The summed E-state index contributed by atoms with van der Waals surface area (Å²) >= 11 is 0. The number of pyridine rings is 1. The number of nitrogens with zero attached hydrogens (tertiary/aromatic N) is 1. The Hall–Kier alpha value is -1.52. The van der Waals surface area contributed by atoms with Crippen LogP contribution in [0.4, 0.5) is 4.79 Å². The second-order valence-corrected chi connectivity index (χ2v) is 4.44. The molecule has 0 aliphatic heterocycles. The van der Waals surface area contributed by atoms with Gasteiger partial charge in [0.1, 0.15) is 13.4 Å². The van der Waals surface area contributed by atoms with E-state index in [1.165, 1.54) is 0 Å². The summed E-state index contributed by atoms with van der Waals surface area (Å²) in [7, 11) is 5.42. The molecule has 0 aliphatic rings. The molecule has 0 fully saturated rings. The zero-order chi connectivity index (χ0) is 13.5. The van der Waals surface area contributed by atoms with Gasteiger partial charge in [-0.25, -0.2) is 4.79 Å². The molecule has 0 saturated heterocycles. The molecule has 1 heterocycles. The third-order valence-corrected chi connectivity index (χ3v) is 1.60. The van der Waals surface area contributed by atoms with Crippen LogP contribution in [0.1, 0.15) is 33.4 Å². The van der Waals surface area contributed by atoms with Gasteiger partial charge < -0.3 is 10.5 Å². The largest absolute Gasteiger partial charge is 0.444 e. The van der Waals surface area contributed by atoms with Gasteiger partial charge in [0, 0.05) is 5.69 Å². The first-order chi connectivity index (χ1) is 7.74. The number of aryl methyl sites for hydroxylation is 1. The zero-order valence-corrected chi connectivity index (χ0v) is 10.9. The Balaban J connectivity index is 0.000000304. The number of hydrogen-bond donors (Lipinski definition) is 1. The van der Waals surface area contributed by atoms with Gasteiger partial charge in [-0.1, -0.05) is 19.1 Å². The van der Waals surface area contributed by atoms with Crippen LogP contribution in [0.25, 0.3) is 0 Å². The molecule has 0 aliphatic carbocycles. The van der Waals surface area contributed by atoms with Gasteiger partial charge in [-0.05, 0) is 38.9 Å². The van der Waals surface area contributed by atoms with Crippen molar-refractivity contribution in [2.75, 3.05) is 0 Å². The van der Waals surface area contributed by atoms with Gasteiger partial charge in [0.15, 0.2) is 0 Å². The Morgan fingerprint density at radius 3 is 2.29 bits per heavy atom. The fraction of sp³-hybridized carbons (Fsp3) is 0.500. The van der Waals surface area contributed by atoms with Crippen LogP contribution in [0.2, 0.25) is 0 Å². The molecule has 0 spiro atoms. The average Bonchev–Trinajstić information content (AvgIpc) is 2.14. The van der Waals surface area contributed by atoms with Crippen LogP contribution in [0, 0.1) is 0 Å². The number of amides is 1. The maximum Gasteiger partial charge on any atom is 0.405 e. The quantitative estimate of drug-likeness (QED) is 0.745. The van der Waals surface area contributed by atoms with E-state index in [0.29, 0.717) is 5.59 Å². The predicted molar refractivity (Wildman–Crippen MR) is 69.4 cm³/mol. The van der Waals surface area contributed by atoms with E-state index in [1.807, 2.05) is 12.1 Å². The molecule has 4 nitrogen and oxygen atoms in total. The highest BCUT2D eigenvalue weighted by atomic mass is 16.6. The van der Waals surface area contributed by atoms with Crippen molar-refractivity contribution in [3.8, 4) is 0 Å². The first kappa shape index (κ1) is 15.5. The van der Waals surface area contributed by atoms with Gasteiger partial charge in [-0.15, -0.1) is 0 Å². The highest BCUT2D eigenvalue weighted by molar-refractivity contribution is 6.30. The van der Waals surface area contributed by atoms with Gasteiger partial charge in [-0.3, -0.25) is 4.98 Å². The van der Waals surface area contributed by atoms with E-state index in [4.69, 9.17) is 13.6 Å². The monoisotopic (exact) mass is 234 g/mol. The number of nitrogens with two attached hydrogens (primary N) is 1. The van der Waals surface area contributed by atoms with Crippen molar-refractivity contribution >= 4 is 19.5 Å². The Morgan fingerprint density at radius 2 is 2.06 bits per heavy atom. The van der Waals surface area contributed by atoms with E-state index in [2.05, 4.69) is 16.6 Å². The van der Waals surface area contributed by atoms with Gasteiger partial charge in [-0.2, -0.15) is 0 Å². The summed E-state index contributed by atoms with van der Waals surface area (Å²) in [5.41, 5.74) is 5.92. The molecule has 17 heavy (non-hydrogen) atoms. The number of aromatic nitrogens is 1. The van der Waals surface area contributed by atoms with Crippen molar-refractivity contribution in [3.05, 3.63) is 23.9 Å². The van der Waals surface area contributed by atoms with E-state index in [9.17, 15) is 4.79 Å². The lowest BCUT2D eigenvalue weighted by atomic mass is 10.0. The maximum atomic E-state index is 10.0. The Labute approximate surface area is 104 Å². The van der Waals surface area contributed by atoms with Crippen LogP contribution in [0.3, 0.4) is 0 Å². The first-order valence-electron chi connectivity index (χ1n) is 5.44.